The molecule has 4 heterocycles. The number of nitrogens with two attached hydrogens (primary N) is 1. The fourth-order valence-corrected chi connectivity index (χ4v) is 4.42. The Kier molecular flexibility index (Phi) is 7.56. The van der Waals surface area contributed by atoms with E-state index in [0.717, 1.165) is 68.8 Å². The number of rotatable bonds is 10. The van der Waals surface area contributed by atoms with Crippen molar-refractivity contribution in [2.24, 2.45) is 0 Å². The summed E-state index contributed by atoms with van der Waals surface area (Å²) in [5.41, 5.74) is 9.42. The van der Waals surface area contributed by atoms with Crippen molar-refractivity contribution in [3.63, 3.8) is 0 Å². The van der Waals surface area contributed by atoms with Crippen LogP contribution >= 0.6 is 0 Å². The van der Waals surface area contributed by atoms with Crippen molar-refractivity contribution in [1.29, 1.82) is 0 Å². The van der Waals surface area contributed by atoms with Crippen LogP contribution in [0.25, 0.3) is 11.0 Å². The molecule has 0 bridgehead atoms. The first-order valence-electron chi connectivity index (χ1n) is 11.7. The highest BCUT2D eigenvalue weighted by atomic mass is 16.5. The molecular formula is C23H34N8O2. The molecule has 4 N–H and O–H groups in total. The van der Waals surface area contributed by atoms with Crippen LogP contribution in [0.2, 0.25) is 0 Å². The van der Waals surface area contributed by atoms with E-state index in [-0.39, 0.29) is 12.6 Å². The molecule has 3 aromatic heterocycles. The first-order valence-corrected chi connectivity index (χ1v) is 11.7. The van der Waals surface area contributed by atoms with E-state index in [9.17, 15) is 0 Å². The predicted octanol–water partition coefficient (Wildman–Crippen LogP) is 2.24. The number of β-amino-alcohol motifs (C(OH)–C–C–N with tert-alkyl or cyclic N) is 1. The minimum absolute atomic E-state index is 0.213. The lowest BCUT2D eigenvalue weighted by molar-refractivity contribution is 0.164. The van der Waals surface area contributed by atoms with E-state index in [0.29, 0.717) is 23.8 Å². The molecule has 1 fully saturated rings. The number of piperidine rings is 1. The van der Waals surface area contributed by atoms with Crippen LogP contribution in [0.15, 0.2) is 18.5 Å². The van der Waals surface area contributed by atoms with Crippen molar-refractivity contribution in [2.75, 3.05) is 50.9 Å². The van der Waals surface area contributed by atoms with Gasteiger partial charge in [0.1, 0.15) is 22.5 Å². The minimum atomic E-state index is 0.213. The normalized spacial score (nSPS) is 15.2. The molecule has 10 heteroatoms. The van der Waals surface area contributed by atoms with Gasteiger partial charge >= 0.3 is 0 Å². The first-order chi connectivity index (χ1) is 16.1. The number of anilines is 2. The summed E-state index contributed by atoms with van der Waals surface area (Å²) >= 11 is 0. The number of aromatic nitrogens is 5. The van der Waals surface area contributed by atoms with Crippen LogP contribution in [0.5, 0.6) is 5.75 Å². The van der Waals surface area contributed by atoms with E-state index >= 15 is 0 Å². The highest BCUT2D eigenvalue weighted by molar-refractivity contribution is 5.86. The average molecular weight is 455 g/mol. The Bertz CT molecular complexity index is 1060. The molecule has 33 heavy (non-hydrogen) atoms. The van der Waals surface area contributed by atoms with Crippen LogP contribution in [-0.4, -0.2) is 74.6 Å². The number of nitrogen functional groups attached to an aromatic ring is 1. The Morgan fingerprint density at radius 1 is 1.24 bits per heavy atom. The molecule has 0 atom stereocenters. The number of nitrogens with one attached hydrogen (secondary N) is 1. The van der Waals surface area contributed by atoms with Gasteiger partial charge in [0, 0.05) is 19.3 Å². The highest BCUT2D eigenvalue weighted by Gasteiger charge is 2.22. The number of ether oxygens (including phenoxy) is 1. The summed E-state index contributed by atoms with van der Waals surface area (Å²) in [7, 11) is 1.68. The van der Waals surface area contributed by atoms with Crippen LogP contribution in [0.4, 0.5) is 11.8 Å². The second-order valence-electron chi connectivity index (χ2n) is 8.50. The molecule has 0 aliphatic carbocycles. The molecule has 178 valence electrons. The zero-order valence-electron chi connectivity index (χ0n) is 19.5. The third-order valence-electron chi connectivity index (χ3n) is 6.27. The molecule has 0 spiro atoms. The number of likely N-dealkylation sites (tertiary alicyclic amines) is 1. The number of hydrogen-bond acceptors (Lipinski definition) is 9. The average Bonchev–Trinajstić information content (AvgIpc) is 3.22. The lowest BCUT2D eigenvalue weighted by atomic mass is 9.90. The Balaban J connectivity index is 1.55. The van der Waals surface area contributed by atoms with Crippen molar-refractivity contribution in [2.45, 2.75) is 45.1 Å². The van der Waals surface area contributed by atoms with Crippen LogP contribution < -0.4 is 15.8 Å². The van der Waals surface area contributed by atoms with Gasteiger partial charge in [0.2, 0.25) is 5.95 Å². The predicted molar refractivity (Wildman–Crippen MR) is 129 cm³/mol. The molecule has 0 aromatic carbocycles. The molecular weight excluding hydrogens is 420 g/mol. The standard InChI is InChI=1S/C23H34N8O2/c1-3-4-7-25-22-21-18(28-23(24)29-22)14-27-31(21)15-19-20(33-2)12-17(13-26-19)16-5-8-30(9-6-16)10-11-32/h12-14,16,32H,3-11,15H2,1-2H3,(H3,24,25,28,29). The van der Waals surface area contributed by atoms with Gasteiger partial charge in [-0.2, -0.15) is 10.1 Å². The van der Waals surface area contributed by atoms with Gasteiger partial charge in [0.05, 0.1) is 26.5 Å². The lowest BCUT2D eigenvalue weighted by Crippen LogP contribution is -2.35. The minimum Gasteiger partial charge on any atom is -0.495 e. The summed E-state index contributed by atoms with van der Waals surface area (Å²) in [6.45, 7) is 6.34. The largest absolute Gasteiger partial charge is 0.495 e. The van der Waals surface area contributed by atoms with Gasteiger partial charge in [-0.15, -0.1) is 0 Å². The van der Waals surface area contributed by atoms with E-state index < -0.39 is 0 Å². The number of aliphatic hydroxyl groups is 1. The first kappa shape index (κ1) is 23.2. The second-order valence-corrected chi connectivity index (χ2v) is 8.50. The maximum Gasteiger partial charge on any atom is 0.222 e. The van der Waals surface area contributed by atoms with E-state index in [1.54, 1.807) is 13.3 Å². The summed E-state index contributed by atoms with van der Waals surface area (Å²) in [5, 5.41) is 17.1. The van der Waals surface area contributed by atoms with Crippen molar-refractivity contribution < 1.29 is 9.84 Å². The van der Waals surface area contributed by atoms with Crippen molar-refractivity contribution >= 4 is 22.8 Å². The van der Waals surface area contributed by atoms with E-state index in [2.05, 4.69) is 38.3 Å². The summed E-state index contributed by atoms with van der Waals surface area (Å²) in [6.07, 6.45) is 7.91. The Hall–Kier alpha value is -2.98. The SMILES string of the molecule is CCCCNc1nc(N)nc2cnn(Cc3ncc(C4CCN(CCO)CC4)cc3OC)c12. The van der Waals surface area contributed by atoms with E-state index in [1.165, 1.54) is 5.56 Å². The topological polar surface area (TPSA) is 127 Å². The van der Waals surface area contributed by atoms with Crippen LogP contribution in [-0.2, 0) is 6.54 Å². The van der Waals surface area contributed by atoms with E-state index in [4.69, 9.17) is 20.6 Å². The van der Waals surface area contributed by atoms with Gasteiger partial charge in [-0.1, -0.05) is 13.3 Å². The number of methoxy groups -OCH3 is 1. The Labute approximate surface area is 194 Å². The smallest absolute Gasteiger partial charge is 0.222 e. The summed E-state index contributed by atoms with van der Waals surface area (Å²) in [5.74, 6) is 2.12. The summed E-state index contributed by atoms with van der Waals surface area (Å²) in [6, 6.07) is 2.11. The third-order valence-corrected chi connectivity index (χ3v) is 6.27. The molecule has 0 amide bonds. The van der Waals surface area contributed by atoms with Crippen LogP contribution in [0, 0.1) is 0 Å². The van der Waals surface area contributed by atoms with Gasteiger partial charge in [-0.3, -0.25) is 9.67 Å². The maximum atomic E-state index is 9.16. The number of hydrogen-bond donors (Lipinski definition) is 3. The summed E-state index contributed by atoms with van der Waals surface area (Å²) < 4.78 is 7.56. The maximum absolute atomic E-state index is 9.16. The van der Waals surface area contributed by atoms with E-state index in [1.807, 2.05) is 10.9 Å². The fraction of sp³-hybridized carbons (Fsp3) is 0.565. The zero-order chi connectivity index (χ0) is 23.2. The number of aliphatic hydroxyl groups excluding tert-OH is 1. The molecule has 0 unspecified atom stereocenters. The van der Waals surface area contributed by atoms with Crippen molar-refractivity contribution in [3.05, 3.63) is 29.7 Å². The van der Waals surface area contributed by atoms with Gasteiger partial charge < -0.3 is 25.8 Å². The van der Waals surface area contributed by atoms with Gasteiger partial charge in [-0.25, -0.2) is 4.98 Å². The highest BCUT2D eigenvalue weighted by Crippen LogP contribution is 2.31. The third kappa shape index (κ3) is 5.33. The Morgan fingerprint density at radius 3 is 2.79 bits per heavy atom. The summed E-state index contributed by atoms with van der Waals surface area (Å²) in [4.78, 5) is 15.8. The lowest BCUT2D eigenvalue weighted by Gasteiger charge is -2.31. The number of pyridine rings is 1. The number of unbranched alkanes of at least 4 members (excludes halogenated alkanes) is 1. The molecule has 10 nitrogen and oxygen atoms in total. The zero-order valence-corrected chi connectivity index (χ0v) is 19.5. The van der Waals surface area contributed by atoms with Crippen molar-refractivity contribution in [1.82, 2.24) is 29.6 Å². The monoisotopic (exact) mass is 454 g/mol. The van der Waals surface area contributed by atoms with Crippen LogP contribution in [0.3, 0.4) is 0 Å². The van der Waals surface area contributed by atoms with Gasteiger partial charge in [0.25, 0.3) is 0 Å². The fourth-order valence-electron chi connectivity index (χ4n) is 4.42. The molecule has 0 saturated carbocycles. The number of nitrogens with zero attached hydrogens (tertiary/aromatic N) is 6. The molecule has 1 aliphatic heterocycles. The molecule has 3 aromatic rings. The van der Waals surface area contributed by atoms with Gasteiger partial charge in [-0.05, 0) is 49.9 Å². The molecule has 4 rings (SSSR count). The second kappa shape index (κ2) is 10.8. The van der Waals surface area contributed by atoms with Crippen molar-refractivity contribution in [3.8, 4) is 5.75 Å². The van der Waals surface area contributed by atoms with Gasteiger partial charge in [0.15, 0.2) is 5.82 Å². The van der Waals surface area contributed by atoms with Crippen LogP contribution in [0.1, 0.15) is 49.8 Å². The molecule has 1 saturated heterocycles. The number of fused-ring (bicyclic) bond motifs is 1. The molecule has 0 radical (unpaired) electrons. The molecule has 1 aliphatic rings. The quantitative estimate of drug-likeness (QED) is 0.395. The Morgan fingerprint density at radius 2 is 2.06 bits per heavy atom.